The summed E-state index contributed by atoms with van der Waals surface area (Å²) in [5.41, 5.74) is 0. The zero-order chi connectivity index (χ0) is 13.1. The van der Waals surface area contributed by atoms with Gasteiger partial charge in [-0.05, 0) is 38.4 Å². The average Bonchev–Trinajstić information content (AvgIpc) is 2.87. The Bertz CT molecular complexity index is 395. The van der Waals surface area contributed by atoms with Crippen molar-refractivity contribution in [3.8, 4) is 0 Å². The van der Waals surface area contributed by atoms with Crippen LogP contribution in [0.2, 0.25) is 0 Å². The van der Waals surface area contributed by atoms with Gasteiger partial charge in [-0.15, -0.1) is 11.8 Å². The predicted octanol–water partition coefficient (Wildman–Crippen LogP) is 2.95. The van der Waals surface area contributed by atoms with Crippen molar-refractivity contribution in [2.24, 2.45) is 0 Å². The second-order valence-electron chi connectivity index (χ2n) is 5.80. The fourth-order valence-corrected chi connectivity index (χ4v) is 4.27. The Morgan fingerprint density at radius 3 is 2.89 bits per heavy atom. The Morgan fingerprint density at radius 1 is 1.21 bits per heavy atom. The molecular formula is C16H24N2S. The van der Waals surface area contributed by atoms with Crippen LogP contribution in [0.5, 0.6) is 0 Å². The summed E-state index contributed by atoms with van der Waals surface area (Å²) in [7, 11) is 0. The molecule has 1 aromatic rings. The highest BCUT2D eigenvalue weighted by molar-refractivity contribution is 7.99. The molecule has 2 unspecified atom stereocenters. The smallest absolute Gasteiger partial charge is 0.0224 e. The summed E-state index contributed by atoms with van der Waals surface area (Å²) in [5, 5.41) is 0. The highest BCUT2D eigenvalue weighted by atomic mass is 32.2. The quantitative estimate of drug-likeness (QED) is 0.781. The van der Waals surface area contributed by atoms with Gasteiger partial charge in [0.25, 0.3) is 0 Å². The van der Waals surface area contributed by atoms with Crippen molar-refractivity contribution in [1.82, 2.24) is 9.80 Å². The van der Waals surface area contributed by atoms with Crippen LogP contribution in [0.4, 0.5) is 0 Å². The minimum atomic E-state index is 0.728. The lowest BCUT2D eigenvalue weighted by atomic mass is 10.1. The molecule has 2 nitrogen and oxygen atoms in total. The van der Waals surface area contributed by atoms with Crippen LogP contribution in [0.15, 0.2) is 35.2 Å². The molecule has 3 heteroatoms. The largest absolute Gasteiger partial charge is 0.298 e. The number of benzene rings is 1. The van der Waals surface area contributed by atoms with Crippen LogP contribution < -0.4 is 0 Å². The number of piperazine rings is 1. The first-order chi connectivity index (χ1) is 9.33. The Morgan fingerprint density at radius 2 is 2.05 bits per heavy atom. The third-order valence-electron chi connectivity index (χ3n) is 4.46. The molecule has 19 heavy (non-hydrogen) atoms. The van der Waals surface area contributed by atoms with Gasteiger partial charge in [-0.2, -0.15) is 0 Å². The second-order valence-corrected chi connectivity index (χ2v) is 6.96. The average molecular weight is 276 g/mol. The van der Waals surface area contributed by atoms with Crippen LogP contribution in [-0.2, 0) is 0 Å². The number of hydrogen-bond acceptors (Lipinski definition) is 3. The third kappa shape index (κ3) is 3.33. The molecule has 2 aliphatic rings. The number of hydrogen-bond donors (Lipinski definition) is 0. The molecule has 2 atom stereocenters. The maximum Gasteiger partial charge on any atom is 0.0224 e. The first-order valence-electron chi connectivity index (χ1n) is 7.49. The molecule has 2 saturated heterocycles. The van der Waals surface area contributed by atoms with Crippen molar-refractivity contribution in [3.63, 3.8) is 0 Å². The van der Waals surface area contributed by atoms with Crippen molar-refractivity contribution in [2.45, 2.75) is 36.7 Å². The van der Waals surface area contributed by atoms with Gasteiger partial charge in [-0.1, -0.05) is 18.2 Å². The molecular weight excluding hydrogens is 252 g/mol. The van der Waals surface area contributed by atoms with E-state index in [0.29, 0.717) is 0 Å². The van der Waals surface area contributed by atoms with E-state index in [9.17, 15) is 0 Å². The van der Waals surface area contributed by atoms with E-state index >= 15 is 0 Å². The summed E-state index contributed by atoms with van der Waals surface area (Å²) in [4.78, 5) is 6.79. The van der Waals surface area contributed by atoms with E-state index in [1.165, 1.54) is 49.7 Å². The maximum atomic E-state index is 2.70. The van der Waals surface area contributed by atoms with Crippen LogP contribution in [0.25, 0.3) is 0 Å². The molecule has 1 aromatic carbocycles. The van der Waals surface area contributed by atoms with Gasteiger partial charge in [-0.25, -0.2) is 0 Å². The first kappa shape index (κ1) is 13.5. The third-order valence-corrected chi connectivity index (χ3v) is 5.45. The van der Waals surface area contributed by atoms with Gasteiger partial charge in [0.2, 0.25) is 0 Å². The van der Waals surface area contributed by atoms with Crippen LogP contribution in [0.1, 0.15) is 19.8 Å². The predicted molar refractivity (Wildman–Crippen MR) is 82.8 cm³/mol. The molecule has 3 rings (SSSR count). The molecule has 0 amide bonds. The Balaban J connectivity index is 1.47. The van der Waals surface area contributed by atoms with E-state index in [1.54, 1.807) is 0 Å². The molecule has 0 radical (unpaired) electrons. The van der Waals surface area contributed by atoms with Gasteiger partial charge in [-0.3, -0.25) is 9.80 Å². The number of fused-ring (bicyclic) bond motifs is 1. The van der Waals surface area contributed by atoms with Crippen molar-refractivity contribution in [3.05, 3.63) is 30.3 Å². The van der Waals surface area contributed by atoms with Gasteiger partial charge in [0.1, 0.15) is 0 Å². The van der Waals surface area contributed by atoms with Gasteiger partial charge >= 0.3 is 0 Å². The van der Waals surface area contributed by atoms with Crippen molar-refractivity contribution in [2.75, 3.05) is 31.9 Å². The highest BCUT2D eigenvalue weighted by Crippen LogP contribution is 2.25. The Labute approximate surface area is 121 Å². The summed E-state index contributed by atoms with van der Waals surface area (Å²) in [5.74, 6) is 1.21. The lowest BCUT2D eigenvalue weighted by Crippen LogP contribution is -2.55. The molecule has 0 N–H and O–H groups in total. The molecule has 104 valence electrons. The van der Waals surface area contributed by atoms with E-state index < -0.39 is 0 Å². The van der Waals surface area contributed by atoms with Crippen molar-refractivity contribution >= 4 is 11.8 Å². The van der Waals surface area contributed by atoms with Crippen molar-refractivity contribution < 1.29 is 0 Å². The Kier molecular flexibility index (Phi) is 4.46. The van der Waals surface area contributed by atoms with Crippen molar-refractivity contribution in [1.29, 1.82) is 0 Å². The normalized spacial score (nSPS) is 28.5. The van der Waals surface area contributed by atoms with Crippen LogP contribution >= 0.6 is 11.8 Å². The first-order valence-corrected chi connectivity index (χ1v) is 8.47. The van der Waals surface area contributed by atoms with Gasteiger partial charge in [0.15, 0.2) is 0 Å². The van der Waals surface area contributed by atoms with Crippen LogP contribution in [0.3, 0.4) is 0 Å². The van der Waals surface area contributed by atoms with Crippen LogP contribution in [-0.4, -0.2) is 53.8 Å². The SMILES string of the molecule is CC1CN2CCCC2CN1CCSc1ccccc1. The fourth-order valence-electron chi connectivity index (χ4n) is 3.36. The molecule has 2 heterocycles. The van der Waals surface area contributed by atoms with E-state index in [1.807, 2.05) is 11.8 Å². The molecule has 0 bridgehead atoms. The molecule has 0 aromatic heterocycles. The number of thioether (sulfide) groups is 1. The summed E-state index contributed by atoms with van der Waals surface area (Å²) in [6.45, 7) is 7.52. The molecule has 2 aliphatic heterocycles. The topological polar surface area (TPSA) is 6.48 Å². The monoisotopic (exact) mass is 276 g/mol. The summed E-state index contributed by atoms with van der Waals surface area (Å²) in [6, 6.07) is 12.3. The lowest BCUT2D eigenvalue weighted by Gasteiger charge is -2.42. The fraction of sp³-hybridized carbons (Fsp3) is 0.625. The minimum absolute atomic E-state index is 0.728. The molecule has 2 fully saturated rings. The standard InChI is InChI=1S/C16H24N2S/c1-14-12-18-9-5-6-15(18)13-17(14)10-11-19-16-7-3-2-4-8-16/h2-4,7-8,14-15H,5-6,9-13H2,1H3. The highest BCUT2D eigenvalue weighted by Gasteiger charge is 2.33. The van der Waals surface area contributed by atoms with Gasteiger partial charge in [0, 0.05) is 42.4 Å². The summed E-state index contributed by atoms with van der Waals surface area (Å²) >= 11 is 1.99. The molecule has 0 spiro atoms. The lowest BCUT2D eigenvalue weighted by molar-refractivity contribution is 0.0646. The zero-order valence-corrected chi connectivity index (χ0v) is 12.6. The number of rotatable bonds is 4. The second kappa shape index (κ2) is 6.29. The van der Waals surface area contributed by atoms with E-state index in [2.05, 4.69) is 47.1 Å². The van der Waals surface area contributed by atoms with Crippen LogP contribution in [0, 0.1) is 0 Å². The molecule has 0 saturated carbocycles. The van der Waals surface area contributed by atoms with Gasteiger partial charge < -0.3 is 0 Å². The summed E-state index contributed by atoms with van der Waals surface area (Å²) < 4.78 is 0. The van der Waals surface area contributed by atoms with Gasteiger partial charge in [0.05, 0.1) is 0 Å². The number of nitrogens with zero attached hydrogens (tertiary/aromatic N) is 2. The zero-order valence-electron chi connectivity index (χ0n) is 11.8. The minimum Gasteiger partial charge on any atom is -0.298 e. The van der Waals surface area contributed by atoms with E-state index in [0.717, 1.165) is 12.1 Å². The molecule has 0 aliphatic carbocycles. The Hall–Kier alpha value is -0.510. The summed E-state index contributed by atoms with van der Waals surface area (Å²) in [6.07, 6.45) is 2.82. The van der Waals surface area contributed by atoms with E-state index in [-0.39, 0.29) is 0 Å². The maximum absolute atomic E-state index is 2.70. The van der Waals surface area contributed by atoms with E-state index in [4.69, 9.17) is 0 Å².